The summed E-state index contributed by atoms with van der Waals surface area (Å²) in [5, 5.41) is 3.30. The van der Waals surface area contributed by atoms with Gasteiger partial charge in [-0.05, 0) is 39.0 Å². The minimum absolute atomic E-state index is 0. The predicted octanol–water partition coefficient (Wildman–Crippen LogP) is 1.10. The third kappa shape index (κ3) is 3.02. The summed E-state index contributed by atoms with van der Waals surface area (Å²) in [6.45, 7) is 6.91. The molecule has 1 aromatic rings. The van der Waals surface area contributed by atoms with Gasteiger partial charge in [0.25, 0.3) is 21.8 Å². The number of piperazine rings is 1. The first-order chi connectivity index (χ1) is 11.3. The van der Waals surface area contributed by atoms with Crippen molar-refractivity contribution in [3.05, 3.63) is 29.3 Å². The summed E-state index contributed by atoms with van der Waals surface area (Å²) in [4.78, 5) is 26.6. The second kappa shape index (κ2) is 6.93. The van der Waals surface area contributed by atoms with Gasteiger partial charge in [0, 0.05) is 37.3 Å². The lowest BCUT2D eigenvalue weighted by Crippen LogP contribution is -2.57. The third-order valence-corrected chi connectivity index (χ3v) is 6.73. The molecule has 7 nitrogen and oxygen atoms in total. The molecule has 138 valence electrons. The number of hydrogen-bond donors (Lipinski definition) is 1. The van der Waals surface area contributed by atoms with E-state index in [-0.39, 0.29) is 47.4 Å². The maximum absolute atomic E-state index is 12.8. The Bertz CT molecular complexity index is 812. The molecule has 0 saturated carbocycles. The van der Waals surface area contributed by atoms with Crippen LogP contribution >= 0.6 is 12.4 Å². The average molecular weight is 388 g/mol. The SMILES string of the molecule is CCN1C(=O)c2ccc(C(=O)N3CCNC(C)C3C)cc2S1(=O)=O.Cl. The Labute approximate surface area is 153 Å². The van der Waals surface area contributed by atoms with Gasteiger partial charge < -0.3 is 10.2 Å². The fraction of sp³-hybridized carbons (Fsp3) is 0.500. The van der Waals surface area contributed by atoms with Crippen molar-refractivity contribution in [3.8, 4) is 0 Å². The summed E-state index contributed by atoms with van der Waals surface area (Å²) >= 11 is 0. The Morgan fingerprint density at radius 2 is 2.00 bits per heavy atom. The standard InChI is InChI=1S/C16H21N3O4S.ClH/c1-4-19-16(21)13-6-5-12(9-14(13)24(19,22)23)15(20)18-8-7-17-10(2)11(18)3;/h5-6,9-11,17H,4,7-8H2,1-3H3;1H. The van der Waals surface area contributed by atoms with Gasteiger partial charge >= 0.3 is 0 Å². The molecule has 1 saturated heterocycles. The van der Waals surface area contributed by atoms with Gasteiger partial charge in [-0.1, -0.05) is 0 Å². The molecule has 2 aliphatic rings. The highest BCUT2D eigenvalue weighted by Crippen LogP contribution is 2.31. The van der Waals surface area contributed by atoms with E-state index in [1.165, 1.54) is 18.2 Å². The van der Waals surface area contributed by atoms with Crippen LogP contribution in [0.3, 0.4) is 0 Å². The average Bonchev–Trinajstić information content (AvgIpc) is 2.75. The largest absolute Gasteiger partial charge is 0.333 e. The maximum atomic E-state index is 12.8. The molecule has 1 N–H and O–H groups in total. The lowest BCUT2D eigenvalue weighted by atomic mass is 10.0. The van der Waals surface area contributed by atoms with E-state index < -0.39 is 15.9 Å². The number of fused-ring (bicyclic) bond motifs is 1. The molecule has 2 unspecified atom stereocenters. The van der Waals surface area contributed by atoms with Crippen molar-refractivity contribution in [3.63, 3.8) is 0 Å². The molecule has 0 aromatic heterocycles. The third-order valence-electron chi connectivity index (χ3n) is 4.84. The summed E-state index contributed by atoms with van der Waals surface area (Å²) in [7, 11) is -3.86. The molecule has 2 amide bonds. The van der Waals surface area contributed by atoms with Crippen LogP contribution < -0.4 is 5.32 Å². The second-order valence-corrected chi connectivity index (χ2v) is 8.00. The van der Waals surface area contributed by atoms with E-state index in [2.05, 4.69) is 5.32 Å². The van der Waals surface area contributed by atoms with Crippen LogP contribution in [0.4, 0.5) is 0 Å². The minimum atomic E-state index is -3.86. The van der Waals surface area contributed by atoms with E-state index in [1.54, 1.807) is 11.8 Å². The van der Waals surface area contributed by atoms with Gasteiger partial charge in [-0.25, -0.2) is 12.7 Å². The number of carbonyl (C=O) groups excluding carboxylic acids is 2. The molecule has 2 atom stereocenters. The quantitative estimate of drug-likeness (QED) is 0.821. The highest BCUT2D eigenvalue weighted by atomic mass is 35.5. The molecule has 25 heavy (non-hydrogen) atoms. The summed E-state index contributed by atoms with van der Waals surface area (Å²) in [5.41, 5.74) is 0.430. The van der Waals surface area contributed by atoms with Gasteiger partial charge in [-0.3, -0.25) is 9.59 Å². The Hall–Kier alpha value is -1.64. The zero-order chi connectivity index (χ0) is 17.6. The Kier molecular flexibility index (Phi) is 5.46. The Morgan fingerprint density at radius 1 is 1.32 bits per heavy atom. The van der Waals surface area contributed by atoms with Crippen LogP contribution in [-0.2, 0) is 10.0 Å². The van der Waals surface area contributed by atoms with Crippen molar-refractivity contribution in [2.24, 2.45) is 0 Å². The zero-order valence-electron chi connectivity index (χ0n) is 14.4. The number of sulfonamides is 1. The summed E-state index contributed by atoms with van der Waals surface area (Å²) < 4.78 is 25.8. The smallest absolute Gasteiger partial charge is 0.268 e. The van der Waals surface area contributed by atoms with Gasteiger partial charge in [0.2, 0.25) is 0 Å². The summed E-state index contributed by atoms with van der Waals surface area (Å²) in [5.74, 6) is -0.744. The molecule has 0 spiro atoms. The van der Waals surface area contributed by atoms with Crippen molar-refractivity contribution >= 4 is 34.2 Å². The minimum Gasteiger partial charge on any atom is -0.333 e. The molecule has 0 radical (unpaired) electrons. The fourth-order valence-corrected chi connectivity index (χ4v) is 4.83. The zero-order valence-corrected chi connectivity index (χ0v) is 16.0. The number of rotatable bonds is 2. The number of nitrogens with zero attached hydrogens (tertiary/aromatic N) is 2. The van der Waals surface area contributed by atoms with Crippen LogP contribution in [0.2, 0.25) is 0 Å². The summed E-state index contributed by atoms with van der Waals surface area (Å²) in [6, 6.07) is 4.48. The van der Waals surface area contributed by atoms with Gasteiger partial charge in [0.15, 0.2) is 0 Å². The Balaban J connectivity index is 0.00000225. The molecular formula is C16H22ClN3O4S. The van der Waals surface area contributed by atoms with E-state index in [1.807, 2.05) is 13.8 Å². The highest BCUT2D eigenvalue weighted by Gasteiger charge is 2.41. The van der Waals surface area contributed by atoms with Crippen LogP contribution in [0.15, 0.2) is 23.1 Å². The summed E-state index contributed by atoms with van der Waals surface area (Å²) in [6.07, 6.45) is 0. The van der Waals surface area contributed by atoms with Gasteiger partial charge in [-0.2, -0.15) is 0 Å². The number of carbonyl (C=O) groups is 2. The molecule has 2 heterocycles. The number of hydrogen-bond acceptors (Lipinski definition) is 5. The maximum Gasteiger partial charge on any atom is 0.268 e. The molecule has 0 aliphatic carbocycles. The molecule has 2 aliphatic heterocycles. The second-order valence-electron chi connectivity index (χ2n) is 6.17. The van der Waals surface area contributed by atoms with Crippen LogP contribution in [0.5, 0.6) is 0 Å². The van der Waals surface area contributed by atoms with E-state index in [0.717, 1.165) is 4.31 Å². The molecule has 3 rings (SSSR count). The normalized spacial score (nSPS) is 24.7. The fourth-order valence-electron chi connectivity index (χ4n) is 3.23. The molecule has 1 aromatic carbocycles. The van der Waals surface area contributed by atoms with E-state index in [9.17, 15) is 18.0 Å². The van der Waals surface area contributed by atoms with Crippen molar-refractivity contribution in [1.29, 1.82) is 0 Å². The number of halogens is 1. The van der Waals surface area contributed by atoms with Gasteiger partial charge in [0.05, 0.1) is 5.56 Å². The van der Waals surface area contributed by atoms with Crippen LogP contribution in [0.1, 0.15) is 41.5 Å². The first-order valence-electron chi connectivity index (χ1n) is 8.04. The molecule has 9 heteroatoms. The van der Waals surface area contributed by atoms with E-state index in [4.69, 9.17) is 0 Å². The van der Waals surface area contributed by atoms with Gasteiger partial charge in [0.1, 0.15) is 4.90 Å². The Morgan fingerprint density at radius 3 is 2.64 bits per heavy atom. The van der Waals surface area contributed by atoms with Crippen LogP contribution in [0, 0.1) is 0 Å². The monoisotopic (exact) mass is 387 g/mol. The number of benzene rings is 1. The molecule has 1 fully saturated rings. The van der Waals surface area contributed by atoms with Crippen molar-refractivity contribution in [1.82, 2.24) is 14.5 Å². The number of amides is 2. The van der Waals surface area contributed by atoms with E-state index >= 15 is 0 Å². The van der Waals surface area contributed by atoms with Crippen LogP contribution in [-0.4, -0.2) is 61.2 Å². The highest BCUT2D eigenvalue weighted by molar-refractivity contribution is 7.90. The molecule has 0 bridgehead atoms. The van der Waals surface area contributed by atoms with Crippen molar-refractivity contribution in [2.45, 2.75) is 37.8 Å². The molecular weight excluding hydrogens is 366 g/mol. The topological polar surface area (TPSA) is 86.8 Å². The number of nitrogens with one attached hydrogen (secondary N) is 1. The lowest BCUT2D eigenvalue weighted by Gasteiger charge is -2.38. The van der Waals surface area contributed by atoms with Gasteiger partial charge in [-0.15, -0.1) is 12.4 Å². The first-order valence-corrected chi connectivity index (χ1v) is 9.48. The first kappa shape index (κ1) is 19.7. The predicted molar refractivity (Wildman–Crippen MR) is 95.5 cm³/mol. The van der Waals surface area contributed by atoms with Crippen molar-refractivity contribution < 1.29 is 18.0 Å². The lowest BCUT2D eigenvalue weighted by molar-refractivity contribution is 0.0602. The van der Waals surface area contributed by atoms with Crippen molar-refractivity contribution in [2.75, 3.05) is 19.6 Å². The van der Waals surface area contributed by atoms with E-state index in [0.29, 0.717) is 18.7 Å². The van der Waals surface area contributed by atoms with Crippen LogP contribution in [0.25, 0.3) is 0 Å².